The Morgan fingerprint density at radius 1 is 1.31 bits per heavy atom. The lowest BCUT2D eigenvalue weighted by Crippen LogP contribution is -2.46. The molecule has 2 N–H and O–H groups in total. The molecule has 26 heavy (non-hydrogen) atoms. The number of carboxylic acids is 1. The minimum absolute atomic E-state index is 0.167. The second-order valence-electron chi connectivity index (χ2n) is 6.88. The first-order valence-electron chi connectivity index (χ1n) is 8.44. The number of carbonyl (C=O) groups is 2. The van der Waals surface area contributed by atoms with Crippen LogP contribution in [0, 0.1) is 24.7 Å². The number of nitrogens with one attached hydrogen (secondary N) is 1. The van der Waals surface area contributed by atoms with Crippen molar-refractivity contribution >= 4 is 11.9 Å². The van der Waals surface area contributed by atoms with Crippen molar-refractivity contribution in [2.45, 2.75) is 26.6 Å². The number of hydrogen-bond donors (Lipinski definition) is 2. The fraction of sp³-hybridized carbons (Fsp3) is 0.556. The number of carboxylic acid groups (broad SMARTS) is 1. The number of amides is 1. The Hall–Kier alpha value is -2.09. The van der Waals surface area contributed by atoms with Crippen LogP contribution < -0.4 is 5.32 Å². The standard InChI is InChI=1S/C16H22N2O.C2HF3O2/c1-11-5-3-4-6-13(11)8-18-9-14-7-17-16(19)12(2)15(14)10-18;3-2(4,5)1(6)7/h3-6,12,14-15H,7-10H2,1-2H3,(H,17,19);(H,6,7)/t12-,14+,15+;/m1./s1. The molecular weight excluding hydrogens is 349 g/mol. The molecule has 3 atom stereocenters. The molecule has 1 amide bonds. The van der Waals surface area contributed by atoms with Crippen LogP contribution in [0.5, 0.6) is 0 Å². The summed E-state index contributed by atoms with van der Waals surface area (Å²) in [6.45, 7) is 8.30. The molecule has 0 bridgehead atoms. The molecule has 2 heterocycles. The Balaban J connectivity index is 0.000000298. The van der Waals surface area contributed by atoms with Crippen molar-refractivity contribution in [2.75, 3.05) is 19.6 Å². The van der Waals surface area contributed by atoms with Crippen LogP contribution >= 0.6 is 0 Å². The molecule has 0 radical (unpaired) electrons. The Bertz CT molecular complexity index is 663. The average Bonchev–Trinajstić information content (AvgIpc) is 2.96. The number of carbonyl (C=O) groups excluding carboxylic acids is 1. The van der Waals surface area contributed by atoms with Crippen molar-refractivity contribution in [3.63, 3.8) is 0 Å². The molecule has 3 rings (SSSR count). The molecule has 144 valence electrons. The van der Waals surface area contributed by atoms with E-state index < -0.39 is 12.1 Å². The largest absolute Gasteiger partial charge is 0.490 e. The maximum absolute atomic E-state index is 11.7. The minimum atomic E-state index is -5.08. The molecule has 0 unspecified atom stereocenters. The molecule has 0 aliphatic carbocycles. The van der Waals surface area contributed by atoms with Crippen LogP contribution in [0.2, 0.25) is 0 Å². The van der Waals surface area contributed by atoms with Crippen molar-refractivity contribution < 1.29 is 27.9 Å². The summed E-state index contributed by atoms with van der Waals surface area (Å²) < 4.78 is 31.7. The number of aliphatic carboxylic acids is 1. The van der Waals surface area contributed by atoms with Crippen LogP contribution in [0.1, 0.15) is 18.1 Å². The molecule has 1 aromatic carbocycles. The summed E-state index contributed by atoms with van der Waals surface area (Å²) in [7, 11) is 0. The summed E-state index contributed by atoms with van der Waals surface area (Å²) in [4.78, 5) is 23.1. The maximum Gasteiger partial charge on any atom is 0.490 e. The van der Waals surface area contributed by atoms with Gasteiger partial charge in [-0.1, -0.05) is 31.2 Å². The van der Waals surface area contributed by atoms with Crippen LogP contribution in [0.25, 0.3) is 0 Å². The first-order valence-corrected chi connectivity index (χ1v) is 8.44. The summed E-state index contributed by atoms with van der Waals surface area (Å²) in [6.07, 6.45) is -5.08. The molecule has 5 nitrogen and oxygen atoms in total. The normalized spacial score (nSPS) is 25.7. The first-order chi connectivity index (χ1) is 12.1. The predicted octanol–water partition coefficient (Wildman–Crippen LogP) is 2.44. The van der Waals surface area contributed by atoms with Crippen molar-refractivity contribution in [3.05, 3.63) is 35.4 Å². The number of alkyl halides is 3. The van der Waals surface area contributed by atoms with E-state index in [2.05, 4.69) is 48.3 Å². The number of likely N-dealkylation sites (tertiary alicyclic amines) is 1. The second kappa shape index (κ2) is 8.07. The van der Waals surface area contributed by atoms with Crippen LogP contribution in [0.15, 0.2) is 24.3 Å². The quantitative estimate of drug-likeness (QED) is 0.837. The van der Waals surface area contributed by atoms with Crippen molar-refractivity contribution in [3.8, 4) is 0 Å². The topological polar surface area (TPSA) is 69.6 Å². The van der Waals surface area contributed by atoms with Gasteiger partial charge in [0, 0.05) is 32.1 Å². The van der Waals surface area contributed by atoms with Gasteiger partial charge < -0.3 is 10.4 Å². The molecule has 1 aromatic rings. The van der Waals surface area contributed by atoms with Gasteiger partial charge in [0.25, 0.3) is 0 Å². The average molecular weight is 372 g/mol. The summed E-state index contributed by atoms with van der Waals surface area (Å²) in [5, 5.41) is 10.2. The summed E-state index contributed by atoms with van der Waals surface area (Å²) in [5.41, 5.74) is 2.77. The zero-order valence-electron chi connectivity index (χ0n) is 14.7. The van der Waals surface area contributed by atoms with Crippen LogP contribution in [-0.4, -0.2) is 47.7 Å². The molecule has 2 fully saturated rings. The zero-order valence-corrected chi connectivity index (χ0v) is 14.7. The predicted molar refractivity (Wildman–Crippen MR) is 89.3 cm³/mol. The van der Waals surface area contributed by atoms with Crippen LogP contribution in [-0.2, 0) is 16.1 Å². The van der Waals surface area contributed by atoms with Crippen LogP contribution in [0.4, 0.5) is 13.2 Å². The lowest BCUT2D eigenvalue weighted by atomic mass is 9.81. The van der Waals surface area contributed by atoms with Gasteiger partial charge in [-0.05, 0) is 29.9 Å². The first kappa shape index (κ1) is 20.2. The lowest BCUT2D eigenvalue weighted by molar-refractivity contribution is -0.192. The number of rotatable bonds is 2. The molecule has 0 saturated carbocycles. The Morgan fingerprint density at radius 3 is 2.50 bits per heavy atom. The fourth-order valence-corrected chi connectivity index (χ4v) is 3.52. The lowest BCUT2D eigenvalue weighted by Gasteiger charge is -2.30. The number of halogens is 3. The summed E-state index contributed by atoms with van der Waals surface area (Å²) in [6, 6.07) is 8.59. The van der Waals surface area contributed by atoms with Crippen molar-refractivity contribution in [2.24, 2.45) is 17.8 Å². The third kappa shape index (κ3) is 4.97. The maximum atomic E-state index is 11.7. The highest BCUT2D eigenvalue weighted by atomic mass is 19.4. The molecule has 2 aliphatic heterocycles. The van der Waals surface area contributed by atoms with E-state index in [0.29, 0.717) is 11.8 Å². The zero-order chi connectivity index (χ0) is 19.5. The number of aryl methyl sites for hydroxylation is 1. The van der Waals surface area contributed by atoms with Gasteiger partial charge in [0.15, 0.2) is 0 Å². The molecule has 0 aromatic heterocycles. The number of piperidine rings is 1. The van der Waals surface area contributed by atoms with Gasteiger partial charge >= 0.3 is 12.1 Å². The second-order valence-corrected chi connectivity index (χ2v) is 6.88. The molecule has 2 saturated heterocycles. The SMILES string of the molecule is Cc1ccccc1CN1C[C@@H]2CNC(=O)[C@H](C)[C@@H]2C1.O=C(O)C(F)(F)F. The fourth-order valence-electron chi connectivity index (χ4n) is 3.52. The minimum Gasteiger partial charge on any atom is -0.475 e. The molecular formula is C18H23F3N2O3. The van der Waals surface area contributed by atoms with E-state index in [1.165, 1.54) is 11.1 Å². The molecule has 2 aliphatic rings. The number of benzene rings is 1. The van der Waals surface area contributed by atoms with Crippen LogP contribution in [0.3, 0.4) is 0 Å². The van der Waals surface area contributed by atoms with E-state index in [9.17, 15) is 18.0 Å². The Labute approximate surface area is 150 Å². The summed E-state index contributed by atoms with van der Waals surface area (Å²) >= 11 is 0. The van der Waals surface area contributed by atoms with Crippen molar-refractivity contribution in [1.29, 1.82) is 0 Å². The van der Waals surface area contributed by atoms with Gasteiger partial charge in [0.1, 0.15) is 0 Å². The third-order valence-electron chi connectivity index (χ3n) is 5.06. The van der Waals surface area contributed by atoms with Gasteiger partial charge in [-0.3, -0.25) is 9.69 Å². The van der Waals surface area contributed by atoms with E-state index >= 15 is 0 Å². The Kier molecular flexibility index (Phi) is 6.28. The van der Waals surface area contributed by atoms with Crippen molar-refractivity contribution in [1.82, 2.24) is 10.2 Å². The highest BCUT2D eigenvalue weighted by molar-refractivity contribution is 5.79. The highest BCUT2D eigenvalue weighted by Crippen LogP contribution is 2.33. The van der Waals surface area contributed by atoms with E-state index in [1.807, 2.05) is 0 Å². The number of nitrogens with zero attached hydrogens (tertiary/aromatic N) is 1. The van der Waals surface area contributed by atoms with Gasteiger partial charge in [-0.15, -0.1) is 0 Å². The van der Waals surface area contributed by atoms with E-state index in [0.717, 1.165) is 26.2 Å². The van der Waals surface area contributed by atoms with Gasteiger partial charge in [0.2, 0.25) is 5.91 Å². The monoisotopic (exact) mass is 372 g/mol. The summed E-state index contributed by atoms with van der Waals surface area (Å²) in [5.74, 6) is -1.18. The highest BCUT2D eigenvalue weighted by Gasteiger charge is 2.41. The molecule has 8 heteroatoms. The van der Waals surface area contributed by atoms with E-state index in [-0.39, 0.29) is 11.8 Å². The van der Waals surface area contributed by atoms with E-state index in [4.69, 9.17) is 9.90 Å². The van der Waals surface area contributed by atoms with Gasteiger partial charge in [-0.25, -0.2) is 4.79 Å². The third-order valence-corrected chi connectivity index (χ3v) is 5.06. The van der Waals surface area contributed by atoms with E-state index in [1.54, 1.807) is 0 Å². The van der Waals surface area contributed by atoms with Gasteiger partial charge in [0.05, 0.1) is 0 Å². The molecule has 0 spiro atoms. The smallest absolute Gasteiger partial charge is 0.475 e. The number of fused-ring (bicyclic) bond motifs is 1. The van der Waals surface area contributed by atoms with Gasteiger partial charge in [-0.2, -0.15) is 13.2 Å². The number of hydrogen-bond acceptors (Lipinski definition) is 3. The Morgan fingerprint density at radius 2 is 1.92 bits per heavy atom.